The number of rotatable bonds is 6. The maximum atomic E-state index is 12.0. The second-order valence-corrected chi connectivity index (χ2v) is 5.32. The Kier molecular flexibility index (Phi) is 4.71. The number of benzene rings is 1. The van der Waals surface area contributed by atoms with Crippen LogP contribution in [-0.4, -0.2) is 25.7 Å². The van der Waals surface area contributed by atoms with Crippen LogP contribution in [-0.2, 0) is 4.74 Å². The third kappa shape index (κ3) is 3.66. The minimum Gasteiger partial charge on any atom is -0.375 e. The summed E-state index contributed by atoms with van der Waals surface area (Å²) in [6.45, 7) is 7.21. The predicted molar refractivity (Wildman–Crippen MR) is 79.8 cm³/mol. The summed E-state index contributed by atoms with van der Waals surface area (Å²) in [5.74, 6) is -0.0450. The lowest BCUT2D eigenvalue weighted by Crippen LogP contribution is -2.27. The smallest absolute Gasteiger partial charge is 0.252 e. The van der Waals surface area contributed by atoms with Gasteiger partial charge in [-0.25, -0.2) is 0 Å². The van der Waals surface area contributed by atoms with Crippen LogP contribution >= 0.6 is 11.3 Å². The number of carbonyl (C=O) groups is 1. The number of thiophene rings is 1. The standard InChI is InChI=1S/C15H17NO2S/c1-11(2)9-18-8-7-16-15(17)13-10-19-14-6-4-3-5-12(13)14/h3-6,10H,1,7-9H2,2H3,(H,16,17). The third-order valence-electron chi connectivity index (χ3n) is 2.61. The van der Waals surface area contributed by atoms with Crippen molar-refractivity contribution in [3.8, 4) is 0 Å². The van der Waals surface area contributed by atoms with Gasteiger partial charge < -0.3 is 10.1 Å². The van der Waals surface area contributed by atoms with Crippen LogP contribution in [0, 0.1) is 0 Å². The fraction of sp³-hybridized carbons (Fsp3) is 0.267. The van der Waals surface area contributed by atoms with Gasteiger partial charge in [0.15, 0.2) is 0 Å². The molecule has 2 aromatic rings. The molecule has 0 aliphatic heterocycles. The van der Waals surface area contributed by atoms with Crippen LogP contribution in [0.5, 0.6) is 0 Å². The van der Waals surface area contributed by atoms with Crippen LogP contribution in [0.4, 0.5) is 0 Å². The molecule has 4 heteroatoms. The quantitative estimate of drug-likeness (QED) is 0.649. The number of hydrogen-bond acceptors (Lipinski definition) is 3. The first-order valence-corrected chi connectivity index (χ1v) is 7.03. The molecular weight excluding hydrogens is 258 g/mol. The molecule has 1 aromatic carbocycles. The molecule has 0 unspecified atom stereocenters. The summed E-state index contributed by atoms with van der Waals surface area (Å²) < 4.78 is 6.47. The van der Waals surface area contributed by atoms with Crippen molar-refractivity contribution < 1.29 is 9.53 Å². The number of amides is 1. The Morgan fingerprint density at radius 3 is 3.00 bits per heavy atom. The zero-order chi connectivity index (χ0) is 13.7. The van der Waals surface area contributed by atoms with Gasteiger partial charge in [-0.3, -0.25) is 4.79 Å². The van der Waals surface area contributed by atoms with Crippen molar-refractivity contribution >= 4 is 27.3 Å². The van der Waals surface area contributed by atoms with Crippen molar-refractivity contribution in [3.05, 3.63) is 47.4 Å². The molecule has 3 nitrogen and oxygen atoms in total. The van der Waals surface area contributed by atoms with Crippen LogP contribution in [0.3, 0.4) is 0 Å². The highest BCUT2D eigenvalue weighted by atomic mass is 32.1. The molecule has 1 heterocycles. The Bertz CT molecular complexity index is 589. The molecule has 0 atom stereocenters. The summed E-state index contributed by atoms with van der Waals surface area (Å²) in [7, 11) is 0. The van der Waals surface area contributed by atoms with Crippen molar-refractivity contribution in [2.75, 3.05) is 19.8 Å². The van der Waals surface area contributed by atoms with Crippen LogP contribution in [0.2, 0.25) is 0 Å². The van der Waals surface area contributed by atoms with Gasteiger partial charge >= 0.3 is 0 Å². The molecule has 19 heavy (non-hydrogen) atoms. The van der Waals surface area contributed by atoms with E-state index in [1.165, 1.54) is 0 Å². The Morgan fingerprint density at radius 2 is 2.21 bits per heavy atom. The molecule has 0 fully saturated rings. The van der Waals surface area contributed by atoms with E-state index in [0.717, 1.165) is 21.2 Å². The molecule has 0 aliphatic rings. The number of nitrogens with one attached hydrogen (secondary N) is 1. The largest absolute Gasteiger partial charge is 0.375 e. The second kappa shape index (κ2) is 6.50. The average Bonchev–Trinajstić information content (AvgIpc) is 2.81. The second-order valence-electron chi connectivity index (χ2n) is 4.41. The van der Waals surface area contributed by atoms with E-state index >= 15 is 0 Å². The summed E-state index contributed by atoms with van der Waals surface area (Å²) >= 11 is 1.59. The predicted octanol–water partition coefficient (Wildman–Crippen LogP) is 3.22. The first-order chi connectivity index (χ1) is 9.18. The van der Waals surface area contributed by atoms with E-state index < -0.39 is 0 Å². The molecule has 100 valence electrons. The molecule has 0 bridgehead atoms. The summed E-state index contributed by atoms with van der Waals surface area (Å²) in [4.78, 5) is 12.0. The van der Waals surface area contributed by atoms with Crippen LogP contribution in [0.1, 0.15) is 17.3 Å². The van der Waals surface area contributed by atoms with Gasteiger partial charge in [-0.2, -0.15) is 0 Å². The molecule has 0 radical (unpaired) electrons. The Morgan fingerprint density at radius 1 is 1.42 bits per heavy atom. The van der Waals surface area contributed by atoms with E-state index in [2.05, 4.69) is 11.9 Å². The number of ether oxygens (including phenoxy) is 1. The van der Waals surface area contributed by atoms with Gasteiger partial charge in [0, 0.05) is 22.0 Å². The topological polar surface area (TPSA) is 38.3 Å². The molecule has 0 spiro atoms. The Balaban J connectivity index is 1.88. The van der Waals surface area contributed by atoms with Gasteiger partial charge in [0.1, 0.15) is 0 Å². The first-order valence-electron chi connectivity index (χ1n) is 6.15. The highest BCUT2D eigenvalue weighted by molar-refractivity contribution is 7.17. The van der Waals surface area contributed by atoms with Crippen LogP contribution in [0.25, 0.3) is 10.1 Å². The summed E-state index contributed by atoms with van der Waals surface area (Å²) in [5, 5.41) is 5.77. The lowest BCUT2D eigenvalue weighted by atomic mass is 10.2. The SMILES string of the molecule is C=C(C)COCCNC(=O)c1csc2ccccc12. The van der Waals surface area contributed by atoms with E-state index in [9.17, 15) is 4.79 Å². The normalized spacial score (nSPS) is 10.6. The molecule has 1 aromatic heterocycles. The van der Waals surface area contributed by atoms with Gasteiger partial charge in [-0.1, -0.05) is 30.4 Å². The lowest BCUT2D eigenvalue weighted by molar-refractivity contribution is 0.0929. The van der Waals surface area contributed by atoms with Crippen molar-refractivity contribution in [1.82, 2.24) is 5.32 Å². The maximum Gasteiger partial charge on any atom is 0.252 e. The van der Waals surface area contributed by atoms with Gasteiger partial charge in [-0.05, 0) is 13.0 Å². The summed E-state index contributed by atoms with van der Waals surface area (Å²) in [5.41, 5.74) is 1.72. The molecule has 0 saturated heterocycles. The van der Waals surface area contributed by atoms with E-state index in [1.807, 2.05) is 36.6 Å². The summed E-state index contributed by atoms with van der Waals surface area (Å²) in [6.07, 6.45) is 0. The van der Waals surface area contributed by atoms with E-state index in [1.54, 1.807) is 11.3 Å². The molecule has 1 N–H and O–H groups in total. The maximum absolute atomic E-state index is 12.0. The van der Waals surface area contributed by atoms with Crippen LogP contribution < -0.4 is 5.32 Å². The summed E-state index contributed by atoms with van der Waals surface area (Å²) in [6, 6.07) is 7.92. The highest BCUT2D eigenvalue weighted by Gasteiger charge is 2.10. The highest BCUT2D eigenvalue weighted by Crippen LogP contribution is 2.25. The van der Waals surface area contributed by atoms with Gasteiger partial charge in [0.25, 0.3) is 5.91 Å². The molecule has 0 aliphatic carbocycles. The number of hydrogen-bond donors (Lipinski definition) is 1. The van der Waals surface area contributed by atoms with Crippen molar-refractivity contribution in [3.63, 3.8) is 0 Å². The molecule has 2 rings (SSSR count). The van der Waals surface area contributed by atoms with E-state index in [0.29, 0.717) is 19.8 Å². The van der Waals surface area contributed by atoms with Gasteiger partial charge in [0.05, 0.1) is 18.8 Å². The Hall–Kier alpha value is -1.65. The fourth-order valence-electron chi connectivity index (χ4n) is 1.73. The zero-order valence-corrected chi connectivity index (χ0v) is 11.8. The first kappa shape index (κ1) is 13.8. The van der Waals surface area contributed by atoms with E-state index in [-0.39, 0.29) is 5.91 Å². The Labute approximate surface area is 116 Å². The third-order valence-corrected chi connectivity index (χ3v) is 3.57. The molecule has 1 amide bonds. The monoisotopic (exact) mass is 275 g/mol. The van der Waals surface area contributed by atoms with Crippen molar-refractivity contribution in [2.45, 2.75) is 6.92 Å². The fourth-order valence-corrected chi connectivity index (χ4v) is 2.67. The molecular formula is C15H17NO2S. The van der Waals surface area contributed by atoms with Crippen LogP contribution in [0.15, 0.2) is 41.8 Å². The minimum atomic E-state index is -0.0450. The van der Waals surface area contributed by atoms with Gasteiger partial charge in [0.2, 0.25) is 0 Å². The zero-order valence-electron chi connectivity index (χ0n) is 10.9. The minimum absolute atomic E-state index is 0.0450. The van der Waals surface area contributed by atoms with E-state index in [4.69, 9.17) is 4.74 Å². The number of carbonyl (C=O) groups excluding carboxylic acids is 1. The van der Waals surface area contributed by atoms with Crippen molar-refractivity contribution in [1.29, 1.82) is 0 Å². The number of fused-ring (bicyclic) bond motifs is 1. The average molecular weight is 275 g/mol. The molecule has 0 saturated carbocycles. The van der Waals surface area contributed by atoms with Gasteiger partial charge in [-0.15, -0.1) is 11.3 Å². The van der Waals surface area contributed by atoms with Crippen molar-refractivity contribution in [2.24, 2.45) is 0 Å². The lowest BCUT2D eigenvalue weighted by Gasteiger charge is -2.05.